The fourth-order valence-corrected chi connectivity index (χ4v) is 2.54. The van der Waals surface area contributed by atoms with E-state index in [0.717, 1.165) is 11.4 Å². The number of pyridine rings is 1. The van der Waals surface area contributed by atoms with Gasteiger partial charge in [-0.2, -0.15) is 0 Å². The van der Waals surface area contributed by atoms with Crippen molar-refractivity contribution < 1.29 is 14.3 Å². The van der Waals surface area contributed by atoms with Gasteiger partial charge in [0, 0.05) is 23.9 Å². The first-order valence-corrected chi connectivity index (χ1v) is 8.59. The Hall–Kier alpha value is -3.87. The van der Waals surface area contributed by atoms with Crippen molar-refractivity contribution in [1.29, 1.82) is 0 Å². The van der Waals surface area contributed by atoms with Crippen molar-refractivity contribution >= 4 is 34.7 Å². The Morgan fingerprint density at radius 1 is 0.893 bits per heavy atom. The number of hydrogen-bond acceptors (Lipinski definition) is 5. The maximum absolute atomic E-state index is 12.3. The van der Waals surface area contributed by atoms with E-state index in [1.807, 2.05) is 24.3 Å². The van der Waals surface area contributed by atoms with Crippen LogP contribution in [0.15, 0.2) is 66.9 Å². The molecule has 1 heterocycles. The second-order valence-electron chi connectivity index (χ2n) is 6.01. The third kappa shape index (κ3) is 5.07. The smallest absolute Gasteiger partial charge is 0.256 e. The number of rotatable bonds is 6. The normalized spacial score (nSPS) is 10.1. The van der Waals surface area contributed by atoms with E-state index in [2.05, 4.69) is 20.9 Å². The van der Waals surface area contributed by atoms with Crippen LogP contribution in [0.4, 0.5) is 22.9 Å². The zero-order chi connectivity index (χ0) is 19.9. The lowest BCUT2D eigenvalue weighted by Crippen LogP contribution is -2.13. The number of anilines is 4. The van der Waals surface area contributed by atoms with Gasteiger partial charge in [-0.05, 0) is 48.5 Å². The van der Waals surface area contributed by atoms with Crippen molar-refractivity contribution in [3.8, 4) is 5.75 Å². The average Bonchev–Trinajstić information content (AvgIpc) is 2.69. The van der Waals surface area contributed by atoms with Gasteiger partial charge in [0.25, 0.3) is 5.91 Å². The molecular weight excluding hydrogens is 356 g/mol. The predicted molar refractivity (Wildman–Crippen MR) is 109 cm³/mol. The maximum atomic E-state index is 12.3. The van der Waals surface area contributed by atoms with Crippen LogP contribution in [0, 0.1) is 0 Å². The molecule has 28 heavy (non-hydrogen) atoms. The van der Waals surface area contributed by atoms with E-state index in [1.165, 1.54) is 6.92 Å². The highest BCUT2D eigenvalue weighted by atomic mass is 16.5. The van der Waals surface area contributed by atoms with Gasteiger partial charge in [-0.1, -0.05) is 12.1 Å². The zero-order valence-electron chi connectivity index (χ0n) is 15.5. The molecule has 0 saturated carbocycles. The molecule has 3 rings (SSSR count). The summed E-state index contributed by atoms with van der Waals surface area (Å²) in [6.45, 7) is 1.46. The number of ether oxygens (including phenoxy) is 1. The van der Waals surface area contributed by atoms with E-state index in [-0.39, 0.29) is 11.8 Å². The number of carbonyl (C=O) groups is 2. The number of methoxy groups -OCH3 is 1. The SMILES string of the molecule is COc1cccc(C(=O)Nc2ccc(Nc3cccc(NC(C)=O)c3)cn2)c1. The summed E-state index contributed by atoms with van der Waals surface area (Å²) in [5, 5.41) is 8.69. The van der Waals surface area contributed by atoms with E-state index in [1.54, 1.807) is 49.7 Å². The minimum atomic E-state index is -0.268. The van der Waals surface area contributed by atoms with Crippen LogP contribution < -0.4 is 20.7 Å². The number of nitrogens with one attached hydrogen (secondary N) is 3. The van der Waals surface area contributed by atoms with Gasteiger partial charge in [0.1, 0.15) is 11.6 Å². The fraction of sp³-hybridized carbons (Fsp3) is 0.0952. The summed E-state index contributed by atoms with van der Waals surface area (Å²) in [4.78, 5) is 27.7. The number of benzene rings is 2. The second-order valence-corrected chi connectivity index (χ2v) is 6.01. The number of hydrogen-bond donors (Lipinski definition) is 3. The molecule has 3 N–H and O–H groups in total. The Morgan fingerprint density at radius 3 is 2.39 bits per heavy atom. The minimum Gasteiger partial charge on any atom is -0.497 e. The first-order valence-electron chi connectivity index (χ1n) is 8.59. The lowest BCUT2D eigenvalue weighted by atomic mass is 10.2. The topological polar surface area (TPSA) is 92.4 Å². The Balaban J connectivity index is 1.65. The van der Waals surface area contributed by atoms with Gasteiger partial charge in [-0.15, -0.1) is 0 Å². The van der Waals surface area contributed by atoms with Gasteiger partial charge < -0.3 is 20.7 Å². The third-order valence-electron chi connectivity index (χ3n) is 3.81. The highest BCUT2D eigenvalue weighted by molar-refractivity contribution is 6.04. The Bertz CT molecular complexity index is 987. The molecule has 2 aromatic carbocycles. The van der Waals surface area contributed by atoms with Gasteiger partial charge in [-0.3, -0.25) is 9.59 Å². The molecule has 2 amide bonds. The average molecular weight is 376 g/mol. The molecule has 3 aromatic rings. The molecule has 0 radical (unpaired) electrons. The molecule has 0 saturated heterocycles. The zero-order valence-corrected chi connectivity index (χ0v) is 15.5. The van der Waals surface area contributed by atoms with E-state index in [0.29, 0.717) is 22.8 Å². The van der Waals surface area contributed by atoms with E-state index in [9.17, 15) is 9.59 Å². The van der Waals surface area contributed by atoms with Crippen LogP contribution in [0.5, 0.6) is 5.75 Å². The van der Waals surface area contributed by atoms with Gasteiger partial charge >= 0.3 is 0 Å². The number of aromatic nitrogens is 1. The molecule has 0 atom stereocenters. The minimum absolute atomic E-state index is 0.130. The molecular formula is C21H20N4O3. The van der Waals surface area contributed by atoms with Crippen LogP contribution in [0.3, 0.4) is 0 Å². The van der Waals surface area contributed by atoms with Crippen molar-refractivity contribution in [1.82, 2.24) is 4.98 Å². The summed E-state index contributed by atoms with van der Waals surface area (Å²) in [5.41, 5.74) is 2.74. The van der Waals surface area contributed by atoms with Crippen molar-refractivity contribution in [2.24, 2.45) is 0 Å². The summed E-state index contributed by atoms with van der Waals surface area (Å²) in [6.07, 6.45) is 1.62. The van der Waals surface area contributed by atoms with Crippen molar-refractivity contribution in [3.63, 3.8) is 0 Å². The monoisotopic (exact) mass is 376 g/mol. The first-order chi connectivity index (χ1) is 13.5. The largest absolute Gasteiger partial charge is 0.497 e. The van der Waals surface area contributed by atoms with Crippen molar-refractivity contribution in [2.75, 3.05) is 23.1 Å². The first kappa shape index (κ1) is 18.9. The Kier molecular flexibility index (Phi) is 5.86. The van der Waals surface area contributed by atoms with E-state index >= 15 is 0 Å². The van der Waals surface area contributed by atoms with Crippen LogP contribution in [0.25, 0.3) is 0 Å². The molecule has 0 fully saturated rings. The molecule has 0 unspecified atom stereocenters. The van der Waals surface area contributed by atoms with Crippen LogP contribution in [0.1, 0.15) is 17.3 Å². The quantitative estimate of drug-likeness (QED) is 0.604. The fourth-order valence-electron chi connectivity index (χ4n) is 2.54. The Morgan fingerprint density at radius 2 is 1.68 bits per heavy atom. The molecule has 142 valence electrons. The van der Waals surface area contributed by atoms with Crippen LogP contribution in [-0.2, 0) is 4.79 Å². The lowest BCUT2D eigenvalue weighted by Gasteiger charge is -2.10. The third-order valence-corrected chi connectivity index (χ3v) is 3.81. The summed E-state index contributed by atoms with van der Waals surface area (Å²) in [7, 11) is 1.55. The molecule has 7 heteroatoms. The van der Waals surface area contributed by atoms with Crippen LogP contribution in [0.2, 0.25) is 0 Å². The second kappa shape index (κ2) is 8.68. The van der Waals surface area contributed by atoms with E-state index < -0.39 is 0 Å². The molecule has 0 aliphatic heterocycles. The number of nitrogens with zero attached hydrogens (tertiary/aromatic N) is 1. The summed E-state index contributed by atoms with van der Waals surface area (Å²) >= 11 is 0. The van der Waals surface area contributed by atoms with Crippen LogP contribution >= 0.6 is 0 Å². The molecule has 7 nitrogen and oxygen atoms in total. The van der Waals surface area contributed by atoms with Gasteiger partial charge in [-0.25, -0.2) is 4.98 Å². The Labute approximate surface area is 162 Å². The molecule has 0 aliphatic carbocycles. The van der Waals surface area contributed by atoms with Crippen LogP contribution in [-0.4, -0.2) is 23.9 Å². The van der Waals surface area contributed by atoms with E-state index in [4.69, 9.17) is 4.74 Å². The summed E-state index contributed by atoms with van der Waals surface area (Å²) in [5.74, 6) is 0.650. The highest BCUT2D eigenvalue weighted by Crippen LogP contribution is 2.21. The van der Waals surface area contributed by atoms with Crippen molar-refractivity contribution in [3.05, 3.63) is 72.4 Å². The highest BCUT2D eigenvalue weighted by Gasteiger charge is 2.08. The molecule has 0 bridgehead atoms. The summed E-state index contributed by atoms with van der Waals surface area (Å²) < 4.78 is 5.13. The number of carbonyl (C=O) groups excluding carboxylic acids is 2. The summed E-state index contributed by atoms with van der Waals surface area (Å²) in [6, 6.07) is 17.7. The van der Waals surface area contributed by atoms with Gasteiger partial charge in [0.15, 0.2) is 0 Å². The standard InChI is InChI=1S/C21H20N4O3/c1-14(26)23-16-6-4-7-17(12-16)24-18-9-10-20(22-13-18)25-21(27)15-5-3-8-19(11-15)28-2/h3-13,24H,1-2H3,(H,23,26)(H,22,25,27). The van der Waals surface area contributed by atoms with Gasteiger partial charge in [0.2, 0.25) is 5.91 Å². The number of amides is 2. The molecule has 1 aromatic heterocycles. The molecule has 0 spiro atoms. The predicted octanol–water partition coefficient (Wildman–Crippen LogP) is 4.04. The van der Waals surface area contributed by atoms with Gasteiger partial charge in [0.05, 0.1) is 19.0 Å². The maximum Gasteiger partial charge on any atom is 0.256 e. The lowest BCUT2D eigenvalue weighted by molar-refractivity contribution is -0.114. The molecule has 0 aliphatic rings. The van der Waals surface area contributed by atoms with Crippen molar-refractivity contribution in [2.45, 2.75) is 6.92 Å².